The number of esters is 1. The number of ketones is 1. The molecular formula is C12H18O3. The molecule has 1 aliphatic carbocycles. The second-order valence-electron chi connectivity index (χ2n) is 3.89. The van der Waals surface area contributed by atoms with Gasteiger partial charge in [0, 0.05) is 12.3 Å². The molecule has 2 atom stereocenters. The topological polar surface area (TPSA) is 43.4 Å². The van der Waals surface area contributed by atoms with Crippen molar-refractivity contribution in [3.05, 3.63) is 12.7 Å². The van der Waals surface area contributed by atoms with Gasteiger partial charge in [-0.05, 0) is 26.2 Å². The summed E-state index contributed by atoms with van der Waals surface area (Å²) in [7, 11) is 0. The van der Waals surface area contributed by atoms with Crippen LogP contribution in [0.5, 0.6) is 0 Å². The molecule has 0 spiro atoms. The van der Waals surface area contributed by atoms with Gasteiger partial charge in [0.25, 0.3) is 0 Å². The van der Waals surface area contributed by atoms with E-state index in [-0.39, 0.29) is 23.6 Å². The van der Waals surface area contributed by atoms with Crippen LogP contribution < -0.4 is 0 Å². The summed E-state index contributed by atoms with van der Waals surface area (Å²) in [5, 5.41) is 0. The fourth-order valence-electron chi connectivity index (χ4n) is 1.97. The average Bonchev–Trinajstić information content (AvgIpc) is 2.40. The first-order chi connectivity index (χ1) is 7.19. The molecule has 0 aromatic carbocycles. The first kappa shape index (κ1) is 12.0. The van der Waals surface area contributed by atoms with Crippen LogP contribution in [0.1, 0.15) is 32.6 Å². The van der Waals surface area contributed by atoms with Crippen LogP contribution in [0.4, 0.5) is 0 Å². The lowest BCUT2D eigenvalue weighted by molar-refractivity contribution is -0.148. The summed E-state index contributed by atoms with van der Waals surface area (Å²) < 4.78 is 4.98. The normalized spacial score (nSPS) is 26.9. The van der Waals surface area contributed by atoms with Crippen LogP contribution in [-0.2, 0) is 14.3 Å². The van der Waals surface area contributed by atoms with Crippen molar-refractivity contribution in [3.63, 3.8) is 0 Å². The van der Waals surface area contributed by atoms with Crippen LogP contribution in [-0.4, -0.2) is 18.4 Å². The average molecular weight is 210 g/mol. The van der Waals surface area contributed by atoms with Gasteiger partial charge >= 0.3 is 5.97 Å². The molecule has 0 aromatic heterocycles. The molecule has 1 rings (SSSR count). The van der Waals surface area contributed by atoms with Crippen LogP contribution in [0.25, 0.3) is 0 Å². The third-order valence-corrected chi connectivity index (χ3v) is 2.83. The molecule has 0 saturated heterocycles. The Morgan fingerprint density at radius 1 is 1.67 bits per heavy atom. The number of hydrogen-bond acceptors (Lipinski definition) is 3. The van der Waals surface area contributed by atoms with E-state index in [1.807, 2.05) is 0 Å². The third kappa shape index (κ3) is 3.18. The predicted molar refractivity (Wildman–Crippen MR) is 57.3 cm³/mol. The summed E-state index contributed by atoms with van der Waals surface area (Å²) in [6.07, 6.45) is 4.33. The van der Waals surface area contributed by atoms with Crippen molar-refractivity contribution in [1.29, 1.82) is 0 Å². The highest BCUT2D eigenvalue weighted by Crippen LogP contribution is 2.27. The lowest BCUT2D eigenvalue weighted by Crippen LogP contribution is -2.20. The van der Waals surface area contributed by atoms with Crippen LogP contribution in [0.3, 0.4) is 0 Å². The molecule has 0 bridgehead atoms. The summed E-state index contributed by atoms with van der Waals surface area (Å²) >= 11 is 0. The molecule has 1 aliphatic rings. The number of hydrogen-bond donors (Lipinski definition) is 0. The molecule has 0 amide bonds. The summed E-state index contributed by atoms with van der Waals surface area (Å²) in [4.78, 5) is 23.1. The molecule has 15 heavy (non-hydrogen) atoms. The minimum Gasteiger partial charge on any atom is -0.466 e. The van der Waals surface area contributed by atoms with E-state index in [2.05, 4.69) is 6.58 Å². The molecule has 0 heterocycles. The lowest BCUT2D eigenvalue weighted by atomic mass is 9.93. The van der Waals surface area contributed by atoms with Crippen molar-refractivity contribution in [2.75, 3.05) is 6.61 Å². The second-order valence-corrected chi connectivity index (χ2v) is 3.89. The van der Waals surface area contributed by atoms with Crippen molar-refractivity contribution >= 4 is 11.8 Å². The Morgan fingerprint density at radius 3 is 3.00 bits per heavy atom. The fraction of sp³-hybridized carbons (Fsp3) is 0.667. The maximum absolute atomic E-state index is 11.6. The van der Waals surface area contributed by atoms with Crippen molar-refractivity contribution < 1.29 is 14.3 Å². The van der Waals surface area contributed by atoms with Gasteiger partial charge in [-0.25, -0.2) is 0 Å². The lowest BCUT2D eigenvalue weighted by Gasteiger charge is -2.14. The van der Waals surface area contributed by atoms with Gasteiger partial charge < -0.3 is 4.74 Å². The van der Waals surface area contributed by atoms with Gasteiger partial charge in [-0.15, -0.1) is 6.58 Å². The number of carbonyl (C=O) groups is 2. The Hall–Kier alpha value is -1.12. The van der Waals surface area contributed by atoms with Gasteiger partial charge in [0.15, 0.2) is 0 Å². The first-order valence-corrected chi connectivity index (χ1v) is 5.51. The van der Waals surface area contributed by atoms with Gasteiger partial charge in [-0.1, -0.05) is 6.08 Å². The monoisotopic (exact) mass is 210 g/mol. The predicted octanol–water partition coefficient (Wildman–Crippen LogP) is 2.11. The third-order valence-electron chi connectivity index (χ3n) is 2.83. The van der Waals surface area contributed by atoms with Gasteiger partial charge in [0.05, 0.1) is 12.5 Å². The maximum Gasteiger partial charge on any atom is 0.308 e. The van der Waals surface area contributed by atoms with Crippen LogP contribution in [0.2, 0.25) is 0 Å². The SMILES string of the molecule is C=CC1CC(C(=O)OCC)CCCC1=O. The number of rotatable bonds is 3. The Bertz CT molecular complexity index is 258. The molecule has 0 aliphatic heterocycles. The van der Waals surface area contributed by atoms with E-state index in [1.54, 1.807) is 13.0 Å². The van der Waals surface area contributed by atoms with Crippen molar-refractivity contribution in [2.45, 2.75) is 32.6 Å². The van der Waals surface area contributed by atoms with E-state index in [4.69, 9.17) is 4.74 Å². The van der Waals surface area contributed by atoms with E-state index in [1.165, 1.54) is 0 Å². The molecule has 2 unspecified atom stereocenters. The van der Waals surface area contributed by atoms with Gasteiger partial charge in [-0.3, -0.25) is 9.59 Å². The Balaban J connectivity index is 2.63. The van der Waals surface area contributed by atoms with E-state index >= 15 is 0 Å². The molecule has 0 radical (unpaired) electrons. The number of ether oxygens (including phenoxy) is 1. The van der Waals surface area contributed by atoms with Gasteiger partial charge in [0.1, 0.15) is 5.78 Å². The second kappa shape index (κ2) is 5.69. The largest absolute Gasteiger partial charge is 0.466 e. The Kier molecular flexibility index (Phi) is 4.53. The Morgan fingerprint density at radius 2 is 2.40 bits per heavy atom. The van der Waals surface area contributed by atoms with E-state index < -0.39 is 0 Å². The summed E-state index contributed by atoms with van der Waals surface area (Å²) in [6, 6.07) is 0. The minimum atomic E-state index is -0.168. The molecular weight excluding hydrogens is 192 g/mol. The molecule has 1 fully saturated rings. The van der Waals surface area contributed by atoms with Crippen LogP contribution in [0.15, 0.2) is 12.7 Å². The summed E-state index contributed by atoms with van der Waals surface area (Å²) in [5.41, 5.74) is 0. The van der Waals surface area contributed by atoms with Gasteiger partial charge in [-0.2, -0.15) is 0 Å². The zero-order valence-electron chi connectivity index (χ0n) is 9.20. The summed E-state index contributed by atoms with van der Waals surface area (Å²) in [5.74, 6) is -0.253. The van der Waals surface area contributed by atoms with Crippen molar-refractivity contribution in [1.82, 2.24) is 0 Å². The van der Waals surface area contributed by atoms with E-state index in [0.29, 0.717) is 19.4 Å². The highest BCUT2D eigenvalue weighted by Gasteiger charge is 2.29. The molecule has 84 valence electrons. The summed E-state index contributed by atoms with van der Waals surface area (Å²) in [6.45, 7) is 5.84. The highest BCUT2D eigenvalue weighted by atomic mass is 16.5. The molecule has 1 saturated carbocycles. The number of carbonyl (C=O) groups excluding carboxylic acids is 2. The van der Waals surface area contributed by atoms with Crippen molar-refractivity contribution in [3.8, 4) is 0 Å². The number of allylic oxidation sites excluding steroid dienone is 1. The van der Waals surface area contributed by atoms with Gasteiger partial charge in [0.2, 0.25) is 0 Å². The zero-order chi connectivity index (χ0) is 11.3. The van der Waals surface area contributed by atoms with Crippen molar-refractivity contribution in [2.24, 2.45) is 11.8 Å². The molecule has 3 nitrogen and oxygen atoms in total. The molecule has 0 aromatic rings. The Labute approximate surface area is 90.5 Å². The van der Waals surface area contributed by atoms with Crippen LogP contribution in [0, 0.1) is 11.8 Å². The van der Waals surface area contributed by atoms with Crippen LogP contribution >= 0.6 is 0 Å². The maximum atomic E-state index is 11.6. The minimum absolute atomic E-state index is 0.126. The van der Waals surface area contributed by atoms with E-state index in [0.717, 1.165) is 12.8 Å². The fourth-order valence-corrected chi connectivity index (χ4v) is 1.97. The van der Waals surface area contributed by atoms with E-state index in [9.17, 15) is 9.59 Å². The zero-order valence-corrected chi connectivity index (χ0v) is 9.20. The highest BCUT2D eigenvalue weighted by molar-refractivity contribution is 5.84. The quantitative estimate of drug-likeness (QED) is 0.407. The smallest absolute Gasteiger partial charge is 0.308 e. The number of Topliss-reactive ketones (excluding diaryl/α,β-unsaturated/α-hetero) is 1. The first-order valence-electron chi connectivity index (χ1n) is 5.51. The standard InChI is InChI=1S/C12H18O3/c1-3-9-8-10(12(14)15-4-2)6-5-7-11(9)13/h3,9-10H,1,4-8H2,2H3. The molecule has 3 heteroatoms. The molecule has 0 N–H and O–H groups in total.